The number of nitrogens with zero attached hydrogens (tertiary/aromatic N) is 1. The summed E-state index contributed by atoms with van der Waals surface area (Å²) >= 11 is 0. The minimum absolute atomic E-state index is 0.0165. The van der Waals surface area contributed by atoms with Gasteiger partial charge in [-0.3, -0.25) is 4.79 Å². The van der Waals surface area contributed by atoms with Crippen LogP contribution in [0.5, 0.6) is 11.5 Å². The SMILES string of the molecule is CCN1C(=O)c2ccccc2NC1c1ccc(OC)c(O)c1. The highest BCUT2D eigenvalue weighted by atomic mass is 16.5. The number of phenols is 1. The van der Waals surface area contributed by atoms with Crippen LogP contribution in [0.15, 0.2) is 42.5 Å². The number of hydrogen-bond acceptors (Lipinski definition) is 4. The average Bonchev–Trinajstić information content (AvgIpc) is 2.54. The molecule has 0 radical (unpaired) electrons. The number of phenolic OH excluding ortho intramolecular Hbond substituents is 1. The molecular formula is C17H18N2O3. The molecule has 0 spiro atoms. The summed E-state index contributed by atoms with van der Waals surface area (Å²) in [5, 5.41) is 13.3. The van der Waals surface area contributed by atoms with Gasteiger partial charge in [0.2, 0.25) is 0 Å². The van der Waals surface area contributed by atoms with E-state index in [2.05, 4.69) is 5.32 Å². The summed E-state index contributed by atoms with van der Waals surface area (Å²) in [4.78, 5) is 14.4. The Labute approximate surface area is 129 Å². The van der Waals surface area contributed by atoms with Gasteiger partial charge in [0.05, 0.1) is 12.7 Å². The van der Waals surface area contributed by atoms with Crippen LogP contribution in [0, 0.1) is 0 Å². The normalized spacial score (nSPS) is 16.9. The average molecular weight is 298 g/mol. The second-order valence-electron chi connectivity index (χ2n) is 5.11. The van der Waals surface area contributed by atoms with E-state index in [1.807, 2.05) is 37.3 Å². The van der Waals surface area contributed by atoms with E-state index in [0.717, 1.165) is 11.3 Å². The fraction of sp³-hybridized carbons (Fsp3) is 0.235. The van der Waals surface area contributed by atoms with Gasteiger partial charge in [-0.05, 0) is 36.8 Å². The number of amides is 1. The van der Waals surface area contributed by atoms with Crippen molar-refractivity contribution in [1.82, 2.24) is 4.90 Å². The zero-order chi connectivity index (χ0) is 15.7. The largest absolute Gasteiger partial charge is 0.504 e. The summed E-state index contributed by atoms with van der Waals surface area (Å²) in [7, 11) is 1.51. The first kappa shape index (κ1) is 14.3. The van der Waals surface area contributed by atoms with Gasteiger partial charge in [0.15, 0.2) is 11.5 Å². The molecule has 0 aliphatic carbocycles. The maximum atomic E-state index is 12.6. The van der Waals surface area contributed by atoms with Crippen molar-refractivity contribution in [3.63, 3.8) is 0 Å². The van der Waals surface area contributed by atoms with Crippen molar-refractivity contribution in [2.45, 2.75) is 13.1 Å². The van der Waals surface area contributed by atoms with E-state index in [4.69, 9.17) is 4.74 Å². The molecule has 1 aliphatic heterocycles. The molecule has 5 nitrogen and oxygen atoms in total. The number of carbonyl (C=O) groups is 1. The number of nitrogens with one attached hydrogen (secondary N) is 1. The first-order valence-electron chi connectivity index (χ1n) is 7.19. The zero-order valence-electron chi connectivity index (χ0n) is 12.5. The highest BCUT2D eigenvalue weighted by Gasteiger charge is 2.31. The Morgan fingerprint density at radius 1 is 1.27 bits per heavy atom. The molecule has 1 heterocycles. The third-order valence-electron chi connectivity index (χ3n) is 3.88. The second kappa shape index (κ2) is 5.60. The van der Waals surface area contributed by atoms with E-state index in [9.17, 15) is 9.90 Å². The molecule has 1 unspecified atom stereocenters. The molecular weight excluding hydrogens is 280 g/mol. The minimum Gasteiger partial charge on any atom is -0.504 e. The third-order valence-corrected chi connectivity index (χ3v) is 3.88. The Morgan fingerprint density at radius 2 is 2.05 bits per heavy atom. The van der Waals surface area contributed by atoms with Gasteiger partial charge in [-0.1, -0.05) is 18.2 Å². The highest BCUT2D eigenvalue weighted by molar-refractivity contribution is 6.01. The molecule has 114 valence electrons. The smallest absolute Gasteiger partial charge is 0.257 e. The van der Waals surface area contributed by atoms with E-state index in [0.29, 0.717) is 17.9 Å². The Kier molecular flexibility index (Phi) is 3.63. The van der Waals surface area contributed by atoms with Crippen LogP contribution in [0.1, 0.15) is 29.0 Å². The van der Waals surface area contributed by atoms with Gasteiger partial charge >= 0.3 is 0 Å². The Hall–Kier alpha value is -2.69. The number of benzene rings is 2. The van der Waals surface area contributed by atoms with Crippen LogP contribution in [0.2, 0.25) is 0 Å². The van der Waals surface area contributed by atoms with Gasteiger partial charge in [0, 0.05) is 12.2 Å². The number of carbonyl (C=O) groups excluding carboxylic acids is 1. The molecule has 0 saturated carbocycles. The van der Waals surface area contributed by atoms with Crippen LogP contribution in [0.4, 0.5) is 5.69 Å². The zero-order valence-corrected chi connectivity index (χ0v) is 12.5. The second-order valence-corrected chi connectivity index (χ2v) is 5.11. The molecule has 5 heteroatoms. The molecule has 0 fully saturated rings. The standard InChI is InChI=1S/C17H18N2O3/c1-3-19-16(11-8-9-15(22-2)14(20)10-11)18-13-7-5-4-6-12(13)17(19)21/h4-10,16,18,20H,3H2,1-2H3. The molecule has 2 aromatic rings. The van der Waals surface area contributed by atoms with Crippen molar-refractivity contribution >= 4 is 11.6 Å². The molecule has 1 atom stereocenters. The van der Waals surface area contributed by atoms with E-state index in [1.165, 1.54) is 7.11 Å². The van der Waals surface area contributed by atoms with Crippen LogP contribution in [0.25, 0.3) is 0 Å². The number of fused-ring (bicyclic) bond motifs is 1. The maximum absolute atomic E-state index is 12.6. The summed E-state index contributed by atoms with van der Waals surface area (Å²) in [6, 6.07) is 12.6. The maximum Gasteiger partial charge on any atom is 0.257 e. The fourth-order valence-corrected chi connectivity index (χ4v) is 2.76. The monoisotopic (exact) mass is 298 g/mol. The number of ether oxygens (including phenoxy) is 1. The molecule has 2 aromatic carbocycles. The lowest BCUT2D eigenvalue weighted by Gasteiger charge is -2.37. The quantitative estimate of drug-likeness (QED) is 0.914. The van der Waals surface area contributed by atoms with Crippen LogP contribution in [-0.4, -0.2) is 29.6 Å². The number of anilines is 1. The molecule has 3 rings (SSSR count). The minimum atomic E-state index is -0.316. The predicted octanol–water partition coefficient (Wildman–Crippen LogP) is 2.99. The molecule has 22 heavy (non-hydrogen) atoms. The van der Waals surface area contributed by atoms with Gasteiger partial charge in [-0.25, -0.2) is 0 Å². The summed E-state index contributed by atoms with van der Waals surface area (Å²) in [6.45, 7) is 2.50. The van der Waals surface area contributed by atoms with E-state index >= 15 is 0 Å². The van der Waals surface area contributed by atoms with Crippen molar-refractivity contribution in [1.29, 1.82) is 0 Å². The third kappa shape index (κ3) is 2.24. The lowest BCUT2D eigenvalue weighted by atomic mass is 10.0. The van der Waals surface area contributed by atoms with Crippen LogP contribution in [-0.2, 0) is 0 Å². The van der Waals surface area contributed by atoms with E-state index in [-0.39, 0.29) is 17.8 Å². The van der Waals surface area contributed by atoms with Crippen LogP contribution < -0.4 is 10.1 Å². The lowest BCUT2D eigenvalue weighted by molar-refractivity contribution is 0.0694. The first-order chi connectivity index (χ1) is 10.7. The van der Waals surface area contributed by atoms with Crippen LogP contribution >= 0.6 is 0 Å². The summed E-state index contributed by atoms with van der Waals surface area (Å²) in [5.74, 6) is 0.454. The molecule has 1 amide bonds. The first-order valence-corrected chi connectivity index (χ1v) is 7.19. The number of rotatable bonds is 3. The summed E-state index contributed by atoms with van der Waals surface area (Å²) < 4.78 is 5.07. The van der Waals surface area contributed by atoms with Crippen molar-refractivity contribution in [3.05, 3.63) is 53.6 Å². The number of methoxy groups -OCH3 is 1. The number of aromatic hydroxyl groups is 1. The highest BCUT2D eigenvalue weighted by Crippen LogP contribution is 2.36. The van der Waals surface area contributed by atoms with Crippen molar-refractivity contribution in [3.8, 4) is 11.5 Å². The van der Waals surface area contributed by atoms with Crippen molar-refractivity contribution < 1.29 is 14.6 Å². The molecule has 0 saturated heterocycles. The molecule has 2 N–H and O–H groups in total. The fourth-order valence-electron chi connectivity index (χ4n) is 2.76. The van der Waals surface area contributed by atoms with Gasteiger partial charge in [-0.15, -0.1) is 0 Å². The van der Waals surface area contributed by atoms with Crippen molar-refractivity contribution in [2.24, 2.45) is 0 Å². The van der Waals surface area contributed by atoms with E-state index in [1.54, 1.807) is 17.0 Å². The van der Waals surface area contributed by atoms with E-state index < -0.39 is 0 Å². The number of para-hydroxylation sites is 1. The summed E-state index contributed by atoms with van der Waals surface area (Å²) in [5.41, 5.74) is 2.28. The molecule has 1 aliphatic rings. The van der Waals surface area contributed by atoms with Gasteiger partial charge < -0.3 is 20.1 Å². The van der Waals surface area contributed by atoms with Gasteiger partial charge in [-0.2, -0.15) is 0 Å². The molecule has 0 aromatic heterocycles. The summed E-state index contributed by atoms with van der Waals surface area (Å²) in [6.07, 6.45) is -0.316. The van der Waals surface area contributed by atoms with Gasteiger partial charge in [0.1, 0.15) is 6.17 Å². The Balaban J connectivity index is 2.03. The lowest BCUT2D eigenvalue weighted by Crippen LogP contribution is -2.42. The van der Waals surface area contributed by atoms with Crippen LogP contribution in [0.3, 0.4) is 0 Å². The Bertz CT molecular complexity index is 715. The van der Waals surface area contributed by atoms with Gasteiger partial charge in [0.25, 0.3) is 5.91 Å². The van der Waals surface area contributed by atoms with Crippen molar-refractivity contribution in [2.75, 3.05) is 19.0 Å². The predicted molar refractivity (Wildman–Crippen MR) is 84.2 cm³/mol. The topological polar surface area (TPSA) is 61.8 Å². The molecule has 0 bridgehead atoms. The Morgan fingerprint density at radius 3 is 2.73 bits per heavy atom. The number of hydrogen-bond donors (Lipinski definition) is 2.